The highest BCUT2D eigenvalue weighted by atomic mass is 16.2. The van der Waals surface area contributed by atoms with Gasteiger partial charge in [0.05, 0.1) is 0 Å². The molecule has 0 saturated carbocycles. The van der Waals surface area contributed by atoms with Gasteiger partial charge in [0.15, 0.2) is 0 Å². The Morgan fingerprint density at radius 1 is 1.25 bits per heavy atom. The summed E-state index contributed by atoms with van der Waals surface area (Å²) in [6.07, 6.45) is 4.18. The van der Waals surface area contributed by atoms with E-state index < -0.39 is 0 Å². The van der Waals surface area contributed by atoms with Gasteiger partial charge in [0, 0.05) is 18.3 Å². The molecule has 0 aromatic heterocycles. The van der Waals surface area contributed by atoms with Crippen LogP contribution in [-0.2, 0) is 9.59 Å². The maximum absolute atomic E-state index is 12.2. The van der Waals surface area contributed by atoms with Crippen molar-refractivity contribution in [2.24, 2.45) is 0 Å². The number of amides is 2. The van der Waals surface area contributed by atoms with E-state index in [1.165, 1.54) is 6.42 Å². The first-order valence-corrected chi connectivity index (χ1v) is 7.35. The molecule has 0 bridgehead atoms. The summed E-state index contributed by atoms with van der Waals surface area (Å²) in [7, 11) is 0. The van der Waals surface area contributed by atoms with Crippen molar-refractivity contribution in [1.29, 1.82) is 0 Å². The molecular weight excluding hydrogens is 252 g/mol. The number of rotatable bonds is 4. The van der Waals surface area contributed by atoms with E-state index in [4.69, 9.17) is 0 Å². The van der Waals surface area contributed by atoms with Crippen LogP contribution >= 0.6 is 0 Å². The van der Waals surface area contributed by atoms with Gasteiger partial charge in [-0.1, -0.05) is 25.1 Å². The lowest BCUT2D eigenvalue weighted by atomic mass is 9.99. The molecule has 1 aliphatic heterocycles. The van der Waals surface area contributed by atoms with Crippen LogP contribution in [0.15, 0.2) is 30.3 Å². The first-order valence-electron chi connectivity index (χ1n) is 7.35. The SMILES string of the molecule is CCC1CCCCN1C(=O)CC(=O)Nc1ccccc1. The topological polar surface area (TPSA) is 49.4 Å². The molecule has 0 aliphatic carbocycles. The van der Waals surface area contributed by atoms with Crippen LogP contribution in [0.1, 0.15) is 39.0 Å². The van der Waals surface area contributed by atoms with Crippen LogP contribution in [0.2, 0.25) is 0 Å². The number of para-hydroxylation sites is 1. The van der Waals surface area contributed by atoms with Crippen LogP contribution in [0.25, 0.3) is 0 Å². The van der Waals surface area contributed by atoms with E-state index >= 15 is 0 Å². The Kier molecular flexibility index (Phi) is 5.16. The molecule has 1 aromatic rings. The second-order valence-electron chi connectivity index (χ2n) is 5.24. The van der Waals surface area contributed by atoms with Gasteiger partial charge in [0.2, 0.25) is 11.8 Å². The molecule has 4 nitrogen and oxygen atoms in total. The fourth-order valence-electron chi connectivity index (χ4n) is 2.72. The fourth-order valence-corrected chi connectivity index (χ4v) is 2.72. The second kappa shape index (κ2) is 7.08. The number of nitrogens with one attached hydrogen (secondary N) is 1. The number of likely N-dealkylation sites (tertiary alicyclic amines) is 1. The molecule has 1 fully saturated rings. The van der Waals surface area contributed by atoms with Gasteiger partial charge in [0.1, 0.15) is 6.42 Å². The third kappa shape index (κ3) is 3.83. The lowest BCUT2D eigenvalue weighted by Crippen LogP contribution is -2.44. The largest absolute Gasteiger partial charge is 0.339 e. The van der Waals surface area contributed by atoms with Crippen molar-refractivity contribution >= 4 is 17.5 Å². The van der Waals surface area contributed by atoms with Crippen molar-refractivity contribution in [3.05, 3.63) is 30.3 Å². The fraction of sp³-hybridized carbons (Fsp3) is 0.500. The average Bonchev–Trinajstić information content (AvgIpc) is 2.48. The van der Waals surface area contributed by atoms with Crippen molar-refractivity contribution in [2.75, 3.05) is 11.9 Å². The number of hydrogen-bond donors (Lipinski definition) is 1. The smallest absolute Gasteiger partial charge is 0.233 e. The molecule has 1 saturated heterocycles. The van der Waals surface area contributed by atoms with Crippen LogP contribution in [-0.4, -0.2) is 29.3 Å². The van der Waals surface area contributed by atoms with Crippen molar-refractivity contribution < 1.29 is 9.59 Å². The molecule has 1 N–H and O–H groups in total. The summed E-state index contributed by atoms with van der Waals surface area (Å²) in [5, 5.41) is 2.76. The summed E-state index contributed by atoms with van der Waals surface area (Å²) < 4.78 is 0. The molecule has 1 unspecified atom stereocenters. The Morgan fingerprint density at radius 2 is 2.00 bits per heavy atom. The summed E-state index contributed by atoms with van der Waals surface area (Å²) >= 11 is 0. The molecule has 20 heavy (non-hydrogen) atoms. The Labute approximate surface area is 120 Å². The Hall–Kier alpha value is -1.84. The minimum atomic E-state index is -0.235. The lowest BCUT2D eigenvalue weighted by molar-refractivity contribution is -0.137. The maximum atomic E-state index is 12.2. The Balaban J connectivity index is 1.88. The number of carbonyl (C=O) groups is 2. The second-order valence-corrected chi connectivity index (χ2v) is 5.24. The molecule has 1 atom stereocenters. The number of benzene rings is 1. The highest BCUT2D eigenvalue weighted by molar-refractivity contribution is 6.03. The first kappa shape index (κ1) is 14.6. The van der Waals surface area contributed by atoms with Gasteiger partial charge in [0.25, 0.3) is 0 Å². The Morgan fingerprint density at radius 3 is 2.70 bits per heavy atom. The van der Waals surface area contributed by atoms with Crippen LogP contribution in [0, 0.1) is 0 Å². The van der Waals surface area contributed by atoms with Gasteiger partial charge < -0.3 is 10.2 Å². The van der Waals surface area contributed by atoms with Crippen molar-refractivity contribution in [3.63, 3.8) is 0 Å². The molecule has 2 amide bonds. The number of piperidine rings is 1. The quantitative estimate of drug-likeness (QED) is 0.858. The van der Waals surface area contributed by atoms with Gasteiger partial charge in [-0.3, -0.25) is 9.59 Å². The number of carbonyl (C=O) groups excluding carboxylic acids is 2. The standard InChI is InChI=1S/C16H22N2O2/c1-2-14-10-6-7-11-18(14)16(20)12-15(19)17-13-8-4-3-5-9-13/h3-5,8-9,14H,2,6-7,10-12H2,1H3,(H,17,19). The van der Waals surface area contributed by atoms with Gasteiger partial charge >= 0.3 is 0 Å². The summed E-state index contributed by atoms with van der Waals surface area (Å²) in [4.78, 5) is 26.0. The number of nitrogens with zero attached hydrogens (tertiary/aromatic N) is 1. The molecular formula is C16H22N2O2. The van der Waals surface area contributed by atoms with Gasteiger partial charge in [-0.15, -0.1) is 0 Å². The van der Waals surface area contributed by atoms with Crippen LogP contribution < -0.4 is 5.32 Å². The monoisotopic (exact) mass is 274 g/mol. The third-order valence-electron chi connectivity index (χ3n) is 3.79. The van der Waals surface area contributed by atoms with Gasteiger partial charge in [-0.2, -0.15) is 0 Å². The van der Waals surface area contributed by atoms with E-state index in [9.17, 15) is 9.59 Å². The van der Waals surface area contributed by atoms with Crippen LogP contribution in [0.4, 0.5) is 5.69 Å². The molecule has 1 aliphatic rings. The highest BCUT2D eigenvalue weighted by Gasteiger charge is 2.26. The van der Waals surface area contributed by atoms with Crippen molar-refractivity contribution in [2.45, 2.75) is 45.1 Å². The lowest BCUT2D eigenvalue weighted by Gasteiger charge is -2.35. The average molecular weight is 274 g/mol. The summed E-state index contributed by atoms with van der Waals surface area (Å²) in [6.45, 7) is 2.89. The number of anilines is 1. The van der Waals surface area contributed by atoms with Gasteiger partial charge in [-0.05, 0) is 37.8 Å². The zero-order valence-corrected chi connectivity index (χ0v) is 12.0. The van der Waals surface area contributed by atoms with E-state index in [1.807, 2.05) is 35.2 Å². The van der Waals surface area contributed by atoms with E-state index in [0.717, 1.165) is 31.5 Å². The molecule has 2 rings (SSSR count). The molecule has 0 radical (unpaired) electrons. The summed E-state index contributed by atoms with van der Waals surface area (Å²) in [5.41, 5.74) is 0.732. The van der Waals surface area contributed by atoms with Gasteiger partial charge in [-0.25, -0.2) is 0 Å². The number of hydrogen-bond acceptors (Lipinski definition) is 2. The molecule has 1 heterocycles. The van der Waals surface area contributed by atoms with E-state index in [-0.39, 0.29) is 18.2 Å². The zero-order valence-electron chi connectivity index (χ0n) is 12.0. The first-order chi connectivity index (χ1) is 9.70. The minimum Gasteiger partial charge on any atom is -0.339 e. The maximum Gasteiger partial charge on any atom is 0.233 e. The summed E-state index contributed by atoms with van der Waals surface area (Å²) in [6, 6.07) is 9.54. The van der Waals surface area contributed by atoms with Crippen LogP contribution in [0.5, 0.6) is 0 Å². The van der Waals surface area contributed by atoms with E-state index in [1.54, 1.807) is 0 Å². The highest BCUT2D eigenvalue weighted by Crippen LogP contribution is 2.20. The minimum absolute atomic E-state index is 0.0509. The summed E-state index contributed by atoms with van der Waals surface area (Å²) in [5.74, 6) is -0.286. The zero-order chi connectivity index (χ0) is 14.4. The van der Waals surface area contributed by atoms with E-state index in [0.29, 0.717) is 6.04 Å². The normalized spacial score (nSPS) is 18.6. The predicted molar refractivity (Wildman–Crippen MR) is 79.3 cm³/mol. The third-order valence-corrected chi connectivity index (χ3v) is 3.79. The Bertz CT molecular complexity index is 459. The molecule has 1 aromatic carbocycles. The van der Waals surface area contributed by atoms with Crippen molar-refractivity contribution in [3.8, 4) is 0 Å². The van der Waals surface area contributed by atoms with Crippen molar-refractivity contribution in [1.82, 2.24) is 4.90 Å². The molecule has 0 spiro atoms. The van der Waals surface area contributed by atoms with E-state index in [2.05, 4.69) is 12.2 Å². The predicted octanol–water partition coefficient (Wildman–Crippen LogP) is 2.81. The molecule has 4 heteroatoms. The molecule has 108 valence electrons. The van der Waals surface area contributed by atoms with Crippen LogP contribution in [0.3, 0.4) is 0 Å².